The number of likely N-dealkylation sites (tertiary alicyclic amines) is 1. The number of piperidine rings is 1. The van der Waals surface area contributed by atoms with Gasteiger partial charge in [-0.3, -0.25) is 0 Å². The lowest BCUT2D eigenvalue weighted by Gasteiger charge is -2.26. The van der Waals surface area contributed by atoms with Crippen LogP contribution in [0, 0.1) is 5.82 Å². The lowest BCUT2D eigenvalue weighted by molar-refractivity contribution is 0.225. The average Bonchev–Trinajstić information content (AvgIpc) is 2.48. The van der Waals surface area contributed by atoms with Crippen LogP contribution in [0.15, 0.2) is 18.2 Å². The summed E-state index contributed by atoms with van der Waals surface area (Å²) in [7, 11) is 1.48. The molecule has 0 aromatic heterocycles. The topological polar surface area (TPSA) is 24.5 Å². The van der Waals surface area contributed by atoms with E-state index in [9.17, 15) is 4.39 Å². The molecule has 1 aliphatic rings. The van der Waals surface area contributed by atoms with Crippen LogP contribution in [0.1, 0.15) is 31.2 Å². The van der Waals surface area contributed by atoms with Crippen molar-refractivity contribution in [1.82, 2.24) is 10.2 Å². The summed E-state index contributed by atoms with van der Waals surface area (Å²) in [5, 5.41) is 3.37. The molecule has 1 fully saturated rings. The molecule has 20 heavy (non-hydrogen) atoms. The second kappa shape index (κ2) is 8.22. The molecule has 0 saturated carbocycles. The van der Waals surface area contributed by atoms with E-state index in [2.05, 4.69) is 10.2 Å². The van der Waals surface area contributed by atoms with Crippen molar-refractivity contribution >= 4 is 0 Å². The van der Waals surface area contributed by atoms with Gasteiger partial charge in [0.1, 0.15) is 0 Å². The molecule has 0 radical (unpaired) electrons. The van der Waals surface area contributed by atoms with Gasteiger partial charge < -0.3 is 15.0 Å². The predicted molar refractivity (Wildman–Crippen MR) is 79.6 cm³/mol. The minimum atomic E-state index is -0.292. The number of ether oxygens (including phenoxy) is 1. The molecule has 0 atom stereocenters. The molecule has 4 heteroatoms. The van der Waals surface area contributed by atoms with Gasteiger partial charge in [-0.2, -0.15) is 0 Å². The molecule has 3 nitrogen and oxygen atoms in total. The van der Waals surface area contributed by atoms with Crippen molar-refractivity contribution in [2.24, 2.45) is 0 Å². The van der Waals surface area contributed by atoms with E-state index in [1.54, 1.807) is 6.07 Å². The van der Waals surface area contributed by atoms with Gasteiger partial charge in [0.05, 0.1) is 7.11 Å². The van der Waals surface area contributed by atoms with Crippen molar-refractivity contribution in [3.05, 3.63) is 29.6 Å². The minimum Gasteiger partial charge on any atom is -0.494 e. The average molecular weight is 280 g/mol. The van der Waals surface area contributed by atoms with Crippen molar-refractivity contribution in [3.63, 3.8) is 0 Å². The minimum absolute atomic E-state index is 0.292. The van der Waals surface area contributed by atoms with Crippen molar-refractivity contribution in [1.29, 1.82) is 0 Å². The second-order valence-electron chi connectivity index (χ2n) is 5.40. The van der Waals surface area contributed by atoms with E-state index in [4.69, 9.17) is 4.74 Å². The van der Waals surface area contributed by atoms with Crippen LogP contribution >= 0.6 is 0 Å². The lowest BCUT2D eigenvalue weighted by atomic mass is 10.1. The Balaban J connectivity index is 1.61. The summed E-state index contributed by atoms with van der Waals surface area (Å²) in [6, 6.07) is 5.12. The van der Waals surface area contributed by atoms with Crippen LogP contribution in [0.4, 0.5) is 4.39 Å². The second-order valence-corrected chi connectivity index (χ2v) is 5.40. The number of hydrogen-bond donors (Lipinski definition) is 1. The van der Waals surface area contributed by atoms with E-state index in [-0.39, 0.29) is 5.82 Å². The molecule has 0 bridgehead atoms. The molecule has 1 saturated heterocycles. The Hall–Kier alpha value is -1.13. The maximum absolute atomic E-state index is 13.5. The summed E-state index contributed by atoms with van der Waals surface area (Å²) >= 11 is 0. The summed E-state index contributed by atoms with van der Waals surface area (Å²) in [6.45, 7) is 5.36. The first-order chi connectivity index (χ1) is 9.79. The third-order valence-corrected chi connectivity index (χ3v) is 3.82. The summed E-state index contributed by atoms with van der Waals surface area (Å²) in [5.74, 6) is 0.0129. The molecule has 1 heterocycles. The van der Waals surface area contributed by atoms with Gasteiger partial charge in [0.2, 0.25) is 0 Å². The molecule has 0 aliphatic carbocycles. The number of nitrogens with one attached hydrogen (secondary N) is 1. The fraction of sp³-hybridized carbons (Fsp3) is 0.625. The molecule has 1 aromatic carbocycles. The third kappa shape index (κ3) is 4.76. The number of nitrogens with zero attached hydrogens (tertiary/aromatic N) is 1. The van der Waals surface area contributed by atoms with Crippen molar-refractivity contribution in [3.8, 4) is 5.75 Å². The van der Waals surface area contributed by atoms with Crippen LogP contribution in [-0.2, 0) is 6.54 Å². The summed E-state index contributed by atoms with van der Waals surface area (Å²) in [5.41, 5.74) is 0.960. The highest BCUT2D eigenvalue weighted by atomic mass is 19.1. The summed E-state index contributed by atoms with van der Waals surface area (Å²) in [6.07, 6.45) is 5.23. The Morgan fingerprint density at radius 3 is 2.75 bits per heavy atom. The van der Waals surface area contributed by atoms with Gasteiger partial charge in [-0.1, -0.05) is 12.5 Å². The van der Waals surface area contributed by atoms with Gasteiger partial charge >= 0.3 is 0 Å². The largest absolute Gasteiger partial charge is 0.494 e. The van der Waals surface area contributed by atoms with E-state index in [1.165, 1.54) is 52.1 Å². The van der Waals surface area contributed by atoms with Crippen molar-refractivity contribution < 1.29 is 9.13 Å². The van der Waals surface area contributed by atoms with Gasteiger partial charge in [0.25, 0.3) is 0 Å². The fourth-order valence-electron chi connectivity index (χ4n) is 2.66. The highest BCUT2D eigenvalue weighted by Crippen LogP contribution is 2.17. The number of halogens is 1. The maximum Gasteiger partial charge on any atom is 0.165 e. The summed E-state index contributed by atoms with van der Waals surface area (Å²) < 4.78 is 18.4. The highest BCUT2D eigenvalue weighted by Gasteiger charge is 2.08. The molecule has 1 aliphatic heterocycles. The van der Waals surface area contributed by atoms with E-state index in [0.29, 0.717) is 12.3 Å². The molecular weight excluding hydrogens is 255 g/mol. The Morgan fingerprint density at radius 2 is 2.05 bits per heavy atom. The standard InChI is InChI=1S/C16H25FN2O/c1-20-16-7-6-14(12-15(16)17)13-18-8-5-11-19-9-3-2-4-10-19/h6-7,12,18H,2-5,8-11,13H2,1H3. The Labute approximate surface area is 121 Å². The number of benzene rings is 1. The predicted octanol–water partition coefficient (Wildman–Crippen LogP) is 2.80. The highest BCUT2D eigenvalue weighted by molar-refractivity contribution is 5.29. The molecule has 0 unspecified atom stereocenters. The van der Waals surface area contributed by atoms with Crippen LogP contribution in [0.3, 0.4) is 0 Å². The zero-order chi connectivity index (χ0) is 14.2. The lowest BCUT2D eigenvalue weighted by Crippen LogP contribution is -2.32. The Bertz CT molecular complexity index is 405. The van der Waals surface area contributed by atoms with Crippen LogP contribution in [0.25, 0.3) is 0 Å². The first-order valence-electron chi connectivity index (χ1n) is 7.55. The zero-order valence-electron chi connectivity index (χ0n) is 12.3. The summed E-state index contributed by atoms with van der Waals surface area (Å²) in [4.78, 5) is 2.54. The van der Waals surface area contributed by atoms with Gasteiger partial charge in [-0.05, 0) is 63.1 Å². The number of rotatable bonds is 7. The molecule has 1 aromatic rings. The smallest absolute Gasteiger partial charge is 0.165 e. The monoisotopic (exact) mass is 280 g/mol. The van der Waals surface area contributed by atoms with Crippen molar-refractivity contribution in [2.75, 3.05) is 33.3 Å². The van der Waals surface area contributed by atoms with Crippen LogP contribution in [-0.4, -0.2) is 38.2 Å². The first kappa shape index (κ1) is 15.3. The van der Waals surface area contributed by atoms with Gasteiger partial charge in [-0.15, -0.1) is 0 Å². The fourth-order valence-corrected chi connectivity index (χ4v) is 2.66. The molecule has 112 valence electrons. The van der Waals surface area contributed by atoms with Gasteiger partial charge in [-0.25, -0.2) is 4.39 Å². The molecule has 0 amide bonds. The maximum atomic E-state index is 13.5. The van der Waals surface area contributed by atoms with Crippen molar-refractivity contribution in [2.45, 2.75) is 32.2 Å². The van der Waals surface area contributed by atoms with E-state index in [1.807, 2.05) is 6.07 Å². The SMILES string of the molecule is COc1ccc(CNCCCN2CCCCC2)cc1F. The number of methoxy groups -OCH3 is 1. The normalized spacial score (nSPS) is 16.3. The van der Waals surface area contributed by atoms with Gasteiger partial charge in [0, 0.05) is 6.54 Å². The third-order valence-electron chi connectivity index (χ3n) is 3.82. The molecule has 1 N–H and O–H groups in total. The van der Waals surface area contributed by atoms with Crippen LogP contribution < -0.4 is 10.1 Å². The number of hydrogen-bond acceptors (Lipinski definition) is 3. The molecular formula is C16H25FN2O. The quantitative estimate of drug-likeness (QED) is 0.777. The van der Waals surface area contributed by atoms with Crippen LogP contribution in [0.5, 0.6) is 5.75 Å². The van der Waals surface area contributed by atoms with Crippen LogP contribution in [0.2, 0.25) is 0 Å². The molecule has 0 spiro atoms. The van der Waals surface area contributed by atoms with E-state index in [0.717, 1.165) is 18.5 Å². The zero-order valence-corrected chi connectivity index (χ0v) is 12.3. The molecule has 2 rings (SSSR count). The van der Waals surface area contributed by atoms with E-state index < -0.39 is 0 Å². The first-order valence-corrected chi connectivity index (χ1v) is 7.55. The Morgan fingerprint density at radius 1 is 1.25 bits per heavy atom. The van der Waals surface area contributed by atoms with Gasteiger partial charge in [0.15, 0.2) is 11.6 Å². The Kier molecular flexibility index (Phi) is 6.27. The van der Waals surface area contributed by atoms with E-state index >= 15 is 0 Å².